The third-order valence-electron chi connectivity index (χ3n) is 4.25. The highest BCUT2D eigenvalue weighted by Crippen LogP contribution is 2.27. The lowest BCUT2D eigenvalue weighted by molar-refractivity contribution is -0.114. The molecule has 0 aliphatic rings. The quantitative estimate of drug-likeness (QED) is 0.532. The van der Waals surface area contributed by atoms with Crippen molar-refractivity contribution in [2.45, 2.75) is 38.0 Å². The van der Waals surface area contributed by atoms with Crippen molar-refractivity contribution in [3.63, 3.8) is 0 Å². The van der Waals surface area contributed by atoms with Gasteiger partial charge in [-0.3, -0.25) is 9.52 Å². The zero-order valence-corrected chi connectivity index (χ0v) is 17.9. The lowest BCUT2D eigenvalue weighted by Crippen LogP contribution is -2.13. The molecule has 6 nitrogen and oxygen atoms in total. The van der Waals surface area contributed by atoms with E-state index < -0.39 is 10.0 Å². The van der Waals surface area contributed by atoms with Gasteiger partial charge in [0.05, 0.1) is 10.6 Å². The zero-order chi connectivity index (χ0) is 20.9. The van der Waals surface area contributed by atoms with Gasteiger partial charge < -0.3 is 5.32 Å². The van der Waals surface area contributed by atoms with Crippen molar-refractivity contribution < 1.29 is 13.2 Å². The summed E-state index contributed by atoms with van der Waals surface area (Å²) >= 11 is 1.31. The lowest BCUT2D eigenvalue weighted by Gasteiger charge is -2.10. The Kier molecular flexibility index (Phi) is 6.66. The molecule has 29 heavy (non-hydrogen) atoms. The molecule has 1 aromatic heterocycles. The Morgan fingerprint density at radius 3 is 2.59 bits per heavy atom. The minimum absolute atomic E-state index is 0.187. The summed E-state index contributed by atoms with van der Waals surface area (Å²) in [6.07, 6.45) is 3.13. The van der Waals surface area contributed by atoms with Crippen LogP contribution in [-0.2, 0) is 21.2 Å². The van der Waals surface area contributed by atoms with Crippen LogP contribution in [0, 0.1) is 0 Å². The Bertz CT molecular complexity index is 1090. The SMILES string of the molecule is CCCCc1ccc(S(=O)(=O)Nc2cccc(-c3csc(NC(C)=O)n3)c2)cc1. The molecule has 0 radical (unpaired) electrons. The number of thiazole rings is 1. The van der Waals surface area contributed by atoms with Crippen LogP contribution in [0.5, 0.6) is 0 Å². The molecule has 0 spiro atoms. The average molecular weight is 430 g/mol. The van der Waals surface area contributed by atoms with Crippen LogP contribution in [0.2, 0.25) is 0 Å². The third-order valence-corrected chi connectivity index (χ3v) is 6.41. The van der Waals surface area contributed by atoms with Crippen LogP contribution in [0.15, 0.2) is 58.8 Å². The number of aromatic nitrogens is 1. The van der Waals surface area contributed by atoms with Crippen LogP contribution in [0.3, 0.4) is 0 Å². The smallest absolute Gasteiger partial charge is 0.261 e. The standard InChI is InChI=1S/C21H23N3O3S2/c1-3-4-6-16-9-11-19(12-10-16)29(26,27)24-18-8-5-7-17(13-18)20-14-28-21(23-20)22-15(2)25/h5,7-14,24H,3-4,6H2,1-2H3,(H,22,23,25). The van der Waals surface area contributed by atoms with Crippen molar-refractivity contribution in [2.24, 2.45) is 0 Å². The zero-order valence-electron chi connectivity index (χ0n) is 16.3. The van der Waals surface area contributed by atoms with Crippen molar-refractivity contribution in [1.29, 1.82) is 0 Å². The van der Waals surface area contributed by atoms with Crippen LogP contribution in [0.1, 0.15) is 32.3 Å². The number of hydrogen-bond donors (Lipinski definition) is 2. The molecule has 0 saturated heterocycles. The first-order valence-electron chi connectivity index (χ1n) is 9.32. The maximum Gasteiger partial charge on any atom is 0.261 e. The summed E-state index contributed by atoms with van der Waals surface area (Å²) in [6.45, 7) is 3.55. The molecule has 0 atom stereocenters. The monoisotopic (exact) mass is 429 g/mol. The van der Waals surface area contributed by atoms with E-state index in [0.717, 1.165) is 30.4 Å². The number of nitrogens with zero attached hydrogens (tertiary/aromatic N) is 1. The number of rotatable bonds is 8. The summed E-state index contributed by atoms with van der Waals surface area (Å²) in [5, 5.41) is 4.96. The molecule has 0 saturated carbocycles. The first kappa shape index (κ1) is 21.0. The Morgan fingerprint density at radius 2 is 1.90 bits per heavy atom. The van der Waals surface area contributed by atoms with Crippen LogP contribution in [-0.4, -0.2) is 19.3 Å². The van der Waals surface area contributed by atoms with E-state index in [1.54, 1.807) is 30.3 Å². The number of unbranched alkanes of at least 4 members (excludes halogenated alkanes) is 1. The van der Waals surface area contributed by atoms with Crippen LogP contribution in [0.25, 0.3) is 11.3 Å². The Labute approximate surface area is 175 Å². The Balaban J connectivity index is 1.76. The normalized spacial score (nSPS) is 11.2. The number of carbonyl (C=O) groups is 1. The van der Waals surface area contributed by atoms with Crippen LogP contribution >= 0.6 is 11.3 Å². The molecule has 0 bridgehead atoms. The van der Waals surface area contributed by atoms with Crippen molar-refractivity contribution >= 4 is 38.1 Å². The molecule has 0 aliphatic carbocycles. The number of nitrogens with one attached hydrogen (secondary N) is 2. The van der Waals surface area contributed by atoms with E-state index in [0.29, 0.717) is 16.5 Å². The molecule has 8 heteroatoms. The van der Waals surface area contributed by atoms with E-state index in [1.165, 1.54) is 18.3 Å². The van der Waals surface area contributed by atoms with Crippen molar-refractivity contribution in [3.8, 4) is 11.3 Å². The second-order valence-electron chi connectivity index (χ2n) is 6.65. The summed E-state index contributed by atoms with van der Waals surface area (Å²) in [6, 6.07) is 14.0. The molecule has 3 rings (SSSR count). The fraction of sp³-hybridized carbons (Fsp3) is 0.238. The molecular weight excluding hydrogens is 406 g/mol. The number of hydrogen-bond acceptors (Lipinski definition) is 5. The minimum atomic E-state index is -3.69. The van der Waals surface area contributed by atoms with Crippen molar-refractivity contribution in [2.75, 3.05) is 10.0 Å². The van der Waals surface area contributed by atoms with Crippen LogP contribution in [0.4, 0.5) is 10.8 Å². The van der Waals surface area contributed by atoms with E-state index in [1.807, 2.05) is 23.6 Å². The molecule has 0 unspecified atom stereocenters. The number of aryl methyl sites for hydroxylation is 1. The van der Waals surface area contributed by atoms with E-state index in [9.17, 15) is 13.2 Å². The second-order valence-corrected chi connectivity index (χ2v) is 9.19. The predicted octanol–water partition coefficient (Wildman–Crippen LogP) is 4.91. The van der Waals surface area contributed by atoms with Gasteiger partial charge in [-0.05, 0) is 42.7 Å². The molecule has 1 amide bonds. The Hall–Kier alpha value is -2.71. The fourth-order valence-corrected chi connectivity index (χ4v) is 4.60. The van der Waals surface area contributed by atoms with Gasteiger partial charge in [0.2, 0.25) is 5.91 Å². The molecule has 3 aromatic rings. The number of benzene rings is 2. The summed E-state index contributed by atoms with van der Waals surface area (Å²) < 4.78 is 28.1. The largest absolute Gasteiger partial charge is 0.302 e. The molecule has 1 heterocycles. The van der Waals surface area contributed by atoms with Crippen molar-refractivity contribution in [3.05, 3.63) is 59.5 Å². The van der Waals surface area contributed by atoms with Gasteiger partial charge in [-0.1, -0.05) is 37.6 Å². The molecule has 152 valence electrons. The first-order chi connectivity index (χ1) is 13.9. The predicted molar refractivity (Wildman–Crippen MR) is 118 cm³/mol. The van der Waals surface area contributed by atoms with Gasteiger partial charge >= 0.3 is 0 Å². The van der Waals surface area contributed by atoms with Gasteiger partial charge in [-0.2, -0.15) is 0 Å². The Morgan fingerprint density at radius 1 is 1.14 bits per heavy atom. The van der Waals surface area contributed by atoms with Crippen molar-refractivity contribution in [1.82, 2.24) is 4.98 Å². The summed E-state index contributed by atoms with van der Waals surface area (Å²) in [5.41, 5.74) is 3.01. The number of amides is 1. The van der Waals surface area contributed by atoms with Gasteiger partial charge in [-0.15, -0.1) is 11.3 Å². The lowest BCUT2D eigenvalue weighted by atomic mass is 10.1. The van der Waals surface area contributed by atoms with Gasteiger partial charge in [0, 0.05) is 23.6 Å². The summed E-state index contributed by atoms with van der Waals surface area (Å²) in [7, 11) is -3.69. The molecular formula is C21H23N3O3S2. The van der Waals surface area contributed by atoms with E-state index >= 15 is 0 Å². The molecule has 0 aliphatic heterocycles. The minimum Gasteiger partial charge on any atom is -0.302 e. The third kappa shape index (κ3) is 5.65. The number of sulfonamides is 1. The van der Waals surface area contributed by atoms with Gasteiger partial charge in [0.25, 0.3) is 10.0 Å². The van der Waals surface area contributed by atoms with Gasteiger partial charge in [0.1, 0.15) is 0 Å². The number of anilines is 2. The topological polar surface area (TPSA) is 88.2 Å². The molecule has 2 N–H and O–H groups in total. The highest BCUT2D eigenvalue weighted by atomic mass is 32.2. The van der Waals surface area contributed by atoms with E-state index in [2.05, 4.69) is 21.9 Å². The highest BCUT2D eigenvalue weighted by molar-refractivity contribution is 7.92. The number of carbonyl (C=O) groups excluding carboxylic acids is 1. The second kappa shape index (κ2) is 9.19. The maximum atomic E-state index is 12.7. The highest BCUT2D eigenvalue weighted by Gasteiger charge is 2.15. The van der Waals surface area contributed by atoms with E-state index in [-0.39, 0.29) is 10.8 Å². The van der Waals surface area contributed by atoms with Gasteiger partial charge in [-0.25, -0.2) is 13.4 Å². The average Bonchev–Trinajstić information content (AvgIpc) is 3.14. The summed E-state index contributed by atoms with van der Waals surface area (Å²) in [5.74, 6) is -0.187. The molecule has 0 fully saturated rings. The van der Waals surface area contributed by atoms with Gasteiger partial charge in [0.15, 0.2) is 5.13 Å². The maximum absolute atomic E-state index is 12.7. The summed E-state index contributed by atoms with van der Waals surface area (Å²) in [4.78, 5) is 15.7. The fourth-order valence-electron chi connectivity index (χ4n) is 2.79. The van der Waals surface area contributed by atoms with E-state index in [4.69, 9.17) is 0 Å². The first-order valence-corrected chi connectivity index (χ1v) is 11.7. The van der Waals surface area contributed by atoms with Crippen LogP contribution < -0.4 is 10.0 Å². The molecule has 2 aromatic carbocycles.